The fourth-order valence-corrected chi connectivity index (χ4v) is 3.93. The highest BCUT2D eigenvalue weighted by Crippen LogP contribution is 2.50. The van der Waals surface area contributed by atoms with E-state index in [0.717, 1.165) is 50.0 Å². The molecule has 2 N–H and O–H groups in total. The standard InChI is InChI=1S/C20H30N2O3/c1-19(2,3)25-18(24)22-10-8-20(9-11-22)12-17(13-20)21-16-6-4-15(14-23)5-7-16/h4-7,17,21,23H,8-14H2,1-3H3. The molecule has 5 heteroatoms. The molecule has 3 rings (SSSR count). The Balaban J connectivity index is 1.44. The summed E-state index contributed by atoms with van der Waals surface area (Å²) in [5.74, 6) is 0. The highest BCUT2D eigenvalue weighted by atomic mass is 16.6. The van der Waals surface area contributed by atoms with Crippen LogP contribution in [0.2, 0.25) is 0 Å². The molecule has 5 nitrogen and oxygen atoms in total. The number of ether oxygens (including phenoxy) is 1. The number of nitrogens with one attached hydrogen (secondary N) is 1. The van der Waals surface area contributed by atoms with Crippen LogP contribution in [0, 0.1) is 5.41 Å². The predicted octanol–water partition coefficient (Wildman–Crippen LogP) is 3.77. The first-order chi connectivity index (χ1) is 11.8. The zero-order valence-corrected chi connectivity index (χ0v) is 15.5. The first kappa shape index (κ1) is 18.1. The van der Waals surface area contributed by atoms with Gasteiger partial charge in [-0.25, -0.2) is 4.79 Å². The predicted molar refractivity (Wildman–Crippen MR) is 98.5 cm³/mol. The van der Waals surface area contributed by atoms with Crippen molar-refractivity contribution in [1.29, 1.82) is 0 Å². The lowest BCUT2D eigenvalue weighted by Crippen LogP contribution is -2.53. The Hall–Kier alpha value is -1.75. The number of hydrogen-bond acceptors (Lipinski definition) is 4. The second kappa shape index (κ2) is 6.87. The number of carbonyl (C=O) groups is 1. The molecule has 1 aromatic rings. The Bertz CT molecular complexity index is 590. The molecule has 1 aliphatic carbocycles. The fourth-order valence-electron chi connectivity index (χ4n) is 3.93. The molecule has 1 saturated heterocycles. The average molecular weight is 346 g/mol. The smallest absolute Gasteiger partial charge is 0.410 e. The van der Waals surface area contributed by atoms with Crippen LogP contribution in [0.1, 0.15) is 52.0 Å². The third kappa shape index (κ3) is 4.46. The molecular formula is C20H30N2O3. The Morgan fingerprint density at radius 2 is 1.84 bits per heavy atom. The average Bonchev–Trinajstić information content (AvgIpc) is 2.53. The van der Waals surface area contributed by atoms with Gasteiger partial charge >= 0.3 is 6.09 Å². The molecule has 1 aromatic carbocycles. The Morgan fingerprint density at radius 3 is 2.36 bits per heavy atom. The monoisotopic (exact) mass is 346 g/mol. The van der Waals surface area contributed by atoms with Crippen molar-refractivity contribution in [3.05, 3.63) is 29.8 Å². The van der Waals surface area contributed by atoms with Crippen LogP contribution >= 0.6 is 0 Å². The molecule has 0 aromatic heterocycles. The van der Waals surface area contributed by atoms with Gasteiger partial charge in [-0.05, 0) is 69.6 Å². The van der Waals surface area contributed by atoms with E-state index in [4.69, 9.17) is 9.84 Å². The van der Waals surface area contributed by atoms with Crippen LogP contribution in [0.4, 0.5) is 10.5 Å². The summed E-state index contributed by atoms with van der Waals surface area (Å²) in [4.78, 5) is 14.0. The van der Waals surface area contributed by atoms with Crippen LogP contribution in [0.15, 0.2) is 24.3 Å². The maximum atomic E-state index is 12.2. The zero-order chi connectivity index (χ0) is 18.1. The van der Waals surface area contributed by atoms with E-state index in [-0.39, 0.29) is 12.7 Å². The molecule has 1 spiro atoms. The number of aliphatic hydroxyl groups is 1. The highest BCUT2D eigenvalue weighted by Gasteiger charge is 2.46. The topological polar surface area (TPSA) is 61.8 Å². The van der Waals surface area contributed by atoms with E-state index in [1.54, 1.807) is 0 Å². The van der Waals surface area contributed by atoms with E-state index in [1.807, 2.05) is 49.9 Å². The number of rotatable bonds is 3. The van der Waals surface area contributed by atoms with Crippen LogP contribution < -0.4 is 5.32 Å². The normalized spacial score (nSPS) is 20.2. The van der Waals surface area contributed by atoms with Crippen LogP contribution in [0.3, 0.4) is 0 Å². The molecule has 1 heterocycles. The van der Waals surface area contributed by atoms with Crippen LogP contribution in [-0.2, 0) is 11.3 Å². The molecule has 138 valence electrons. The minimum atomic E-state index is -0.427. The minimum absolute atomic E-state index is 0.0843. The Kier molecular flexibility index (Phi) is 4.96. The van der Waals surface area contributed by atoms with E-state index in [0.29, 0.717) is 11.5 Å². The first-order valence-electron chi connectivity index (χ1n) is 9.23. The second-order valence-electron chi connectivity index (χ2n) is 8.57. The van der Waals surface area contributed by atoms with Gasteiger partial charge in [-0.3, -0.25) is 0 Å². The maximum Gasteiger partial charge on any atom is 0.410 e. The Morgan fingerprint density at radius 1 is 1.24 bits per heavy atom. The number of carbonyl (C=O) groups excluding carboxylic acids is 1. The fraction of sp³-hybridized carbons (Fsp3) is 0.650. The molecule has 1 aliphatic heterocycles. The highest BCUT2D eigenvalue weighted by molar-refractivity contribution is 5.68. The van der Waals surface area contributed by atoms with Gasteiger partial charge in [0.2, 0.25) is 0 Å². The molecule has 2 fully saturated rings. The third-order valence-electron chi connectivity index (χ3n) is 5.34. The van der Waals surface area contributed by atoms with Gasteiger partial charge in [0.15, 0.2) is 0 Å². The number of piperidine rings is 1. The number of amides is 1. The van der Waals surface area contributed by atoms with Crippen LogP contribution in [0.25, 0.3) is 0 Å². The molecule has 0 radical (unpaired) electrons. The summed E-state index contributed by atoms with van der Waals surface area (Å²) in [6.45, 7) is 7.41. The summed E-state index contributed by atoms with van der Waals surface area (Å²) in [6, 6.07) is 8.48. The number of anilines is 1. The van der Waals surface area contributed by atoms with Crippen molar-refractivity contribution in [1.82, 2.24) is 4.90 Å². The first-order valence-corrected chi connectivity index (χ1v) is 9.23. The van der Waals surface area contributed by atoms with E-state index >= 15 is 0 Å². The molecule has 2 aliphatic rings. The van der Waals surface area contributed by atoms with E-state index in [2.05, 4.69) is 5.32 Å². The number of likely N-dealkylation sites (tertiary alicyclic amines) is 1. The van der Waals surface area contributed by atoms with Gasteiger partial charge in [-0.15, -0.1) is 0 Å². The summed E-state index contributed by atoms with van der Waals surface area (Å²) >= 11 is 0. The Labute approximate surface area is 150 Å². The van der Waals surface area contributed by atoms with Crippen LogP contribution in [0.5, 0.6) is 0 Å². The van der Waals surface area contributed by atoms with E-state index < -0.39 is 5.60 Å². The number of benzene rings is 1. The number of hydrogen-bond donors (Lipinski definition) is 2. The lowest BCUT2D eigenvalue weighted by molar-refractivity contribution is -0.00859. The summed E-state index contributed by atoms with van der Waals surface area (Å²) in [6.07, 6.45) is 4.27. The van der Waals surface area contributed by atoms with Crippen molar-refractivity contribution in [2.45, 2.75) is 64.7 Å². The quantitative estimate of drug-likeness (QED) is 0.874. The summed E-state index contributed by atoms with van der Waals surface area (Å²) in [7, 11) is 0. The van der Waals surface area contributed by atoms with Gasteiger partial charge in [0.1, 0.15) is 5.60 Å². The van der Waals surface area contributed by atoms with Gasteiger partial charge in [-0.2, -0.15) is 0 Å². The molecule has 0 unspecified atom stereocenters. The van der Waals surface area contributed by atoms with Crippen molar-refractivity contribution in [2.24, 2.45) is 5.41 Å². The maximum absolute atomic E-state index is 12.2. The molecular weight excluding hydrogens is 316 g/mol. The van der Waals surface area contributed by atoms with Crippen molar-refractivity contribution in [3.8, 4) is 0 Å². The van der Waals surface area contributed by atoms with Gasteiger partial charge in [-0.1, -0.05) is 12.1 Å². The SMILES string of the molecule is CC(C)(C)OC(=O)N1CCC2(CC1)CC(Nc1ccc(CO)cc1)C2. The molecule has 1 amide bonds. The molecule has 25 heavy (non-hydrogen) atoms. The van der Waals surface area contributed by atoms with E-state index in [9.17, 15) is 4.79 Å². The molecule has 0 bridgehead atoms. The summed E-state index contributed by atoms with van der Waals surface area (Å²) in [5.41, 5.74) is 2.01. The van der Waals surface area contributed by atoms with Crippen molar-refractivity contribution in [3.63, 3.8) is 0 Å². The van der Waals surface area contributed by atoms with Crippen LogP contribution in [-0.4, -0.2) is 40.8 Å². The zero-order valence-electron chi connectivity index (χ0n) is 15.5. The number of aliphatic hydroxyl groups excluding tert-OH is 1. The van der Waals surface area contributed by atoms with Gasteiger partial charge < -0.3 is 20.1 Å². The molecule has 1 saturated carbocycles. The van der Waals surface area contributed by atoms with E-state index in [1.165, 1.54) is 0 Å². The largest absolute Gasteiger partial charge is 0.444 e. The lowest BCUT2D eigenvalue weighted by Gasteiger charge is -2.52. The number of nitrogens with zero attached hydrogens (tertiary/aromatic N) is 1. The van der Waals surface area contributed by atoms with Gasteiger partial charge in [0.05, 0.1) is 6.61 Å². The summed E-state index contributed by atoms with van der Waals surface area (Å²) < 4.78 is 5.47. The van der Waals surface area contributed by atoms with Crippen molar-refractivity contribution < 1.29 is 14.6 Å². The van der Waals surface area contributed by atoms with Gasteiger partial charge in [0.25, 0.3) is 0 Å². The summed E-state index contributed by atoms with van der Waals surface area (Å²) in [5, 5.41) is 12.7. The minimum Gasteiger partial charge on any atom is -0.444 e. The van der Waals surface area contributed by atoms with Gasteiger partial charge in [0, 0.05) is 24.8 Å². The van der Waals surface area contributed by atoms with Crippen molar-refractivity contribution >= 4 is 11.8 Å². The third-order valence-corrected chi connectivity index (χ3v) is 5.34. The second-order valence-corrected chi connectivity index (χ2v) is 8.57. The van der Waals surface area contributed by atoms with Crippen molar-refractivity contribution in [2.75, 3.05) is 18.4 Å². The molecule has 0 atom stereocenters. The lowest BCUT2D eigenvalue weighted by atomic mass is 9.60.